The van der Waals surface area contributed by atoms with Crippen LogP contribution in [0.3, 0.4) is 0 Å². The van der Waals surface area contributed by atoms with E-state index in [0.717, 1.165) is 29.9 Å². The number of fused-ring (bicyclic) bond motifs is 1. The Morgan fingerprint density at radius 3 is 2.96 bits per heavy atom. The highest BCUT2D eigenvalue weighted by atomic mass is 16.5. The Bertz CT molecular complexity index is 732. The van der Waals surface area contributed by atoms with E-state index in [2.05, 4.69) is 10.3 Å². The van der Waals surface area contributed by atoms with Crippen LogP contribution in [0.4, 0.5) is 0 Å². The average Bonchev–Trinajstić information content (AvgIpc) is 3.17. The summed E-state index contributed by atoms with van der Waals surface area (Å²) in [7, 11) is 0. The lowest BCUT2D eigenvalue weighted by Crippen LogP contribution is -2.39. The molecule has 1 aliphatic carbocycles. The molecule has 1 aliphatic heterocycles. The van der Waals surface area contributed by atoms with Crippen molar-refractivity contribution in [3.05, 3.63) is 35.0 Å². The molecule has 0 aromatic carbocycles. The minimum Gasteiger partial charge on any atom is -0.386 e. The molecule has 1 N–H and O–H groups in total. The molecule has 2 aromatic rings. The summed E-state index contributed by atoms with van der Waals surface area (Å²) in [6.45, 7) is 3.65. The molecule has 2 aliphatic rings. The number of aromatic nitrogens is 3. The molecular weight excluding hydrogens is 296 g/mol. The first kappa shape index (κ1) is 14.4. The second kappa shape index (κ2) is 5.49. The van der Waals surface area contributed by atoms with Gasteiger partial charge in [-0.05, 0) is 31.7 Å². The molecule has 0 saturated heterocycles. The highest BCUT2D eigenvalue weighted by molar-refractivity contribution is 5.78. The van der Waals surface area contributed by atoms with Crippen molar-refractivity contribution >= 4 is 5.91 Å². The summed E-state index contributed by atoms with van der Waals surface area (Å²) in [5.41, 5.74) is 2.50. The van der Waals surface area contributed by atoms with Gasteiger partial charge in [0, 0.05) is 12.6 Å². The summed E-state index contributed by atoms with van der Waals surface area (Å²) in [6.07, 6.45) is 1.91. The number of carbonyl (C=O) groups is 1. The molecule has 3 heterocycles. The van der Waals surface area contributed by atoms with E-state index in [-0.39, 0.29) is 12.3 Å². The van der Waals surface area contributed by atoms with E-state index in [9.17, 15) is 9.90 Å². The number of carbonyl (C=O) groups excluding carboxylic acids is 1. The molecule has 0 radical (unpaired) electrons. The van der Waals surface area contributed by atoms with E-state index < -0.39 is 6.10 Å². The number of hydrogen-bond donors (Lipinski definition) is 1. The molecule has 122 valence electrons. The average molecular weight is 316 g/mol. The van der Waals surface area contributed by atoms with Gasteiger partial charge in [0.05, 0.1) is 36.6 Å². The molecule has 7 nitrogen and oxygen atoms in total. The molecule has 23 heavy (non-hydrogen) atoms. The third-order valence-corrected chi connectivity index (χ3v) is 4.54. The van der Waals surface area contributed by atoms with E-state index in [0.29, 0.717) is 31.3 Å². The van der Waals surface area contributed by atoms with Crippen LogP contribution in [0.5, 0.6) is 0 Å². The maximum atomic E-state index is 12.4. The molecule has 1 atom stereocenters. The Morgan fingerprint density at radius 2 is 2.26 bits per heavy atom. The van der Waals surface area contributed by atoms with Gasteiger partial charge in [-0.25, -0.2) is 0 Å². The minimum absolute atomic E-state index is 0.0258. The highest BCUT2D eigenvalue weighted by Crippen LogP contribution is 2.40. The van der Waals surface area contributed by atoms with Gasteiger partial charge in [0.2, 0.25) is 5.91 Å². The van der Waals surface area contributed by atoms with Gasteiger partial charge in [-0.2, -0.15) is 5.10 Å². The topological polar surface area (TPSA) is 84.4 Å². The van der Waals surface area contributed by atoms with E-state index in [1.54, 1.807) is 6.07 Å². The van der Waals surface area contributed by atoms with Gasteiger partial charge in [-0.3, -0.25) is 9.48 Å². The van der Waals surface area contributed by atoms with Crippen LogP contribution in [-0.4, -0.2) is 37.4 Å². The van der Waals surface area contributed by atoms with Crippen LogP contribution >= 0.6 is 0 Å². The summed E-state index contributed by atoms with van der Waals surface area (Å²) in [4.78, 5) is 14.2. The maximum absolute atomic E-state index is 12.4. The molecule has 1 saturated carbocycles. The first-order valence-electron chi connectivity index (χ1n) is 8.05. The molecule has 4 rings (SSSR count). The fourth-order valence-electron chi connectivity index (χ4n) is 3.06. The number of aryl methyl sites for hydroxylation is 1. The number of hydrogen-bond acceptors (Lipinski definition) is 5. The summed E-state index contributed by atoms with van der Waals surface area (Å²) in [5.74, 6) is 0.980. The van der Waals surface area contributed by atoms with Gasteiger partial charge in [0.25, 0.3) is 0 Å². The Hall–Kier alpha value is -2.15. The van der Waals surface area contributed by atoms with Crippen LogP contribution < -0.4 is 0 Å². The van der Waals surface area contributed by atoms with Crippen molar-refractivity contribution in [1.29, 1.82) is 0 Å². The minimum atomic E-state index is -0.464. The van der Waals surface area contributed by atoms with Crippen LogP contribution in [0.2, 0.25) is 0 Å². The Morgan fingerprint density at radius 1 is 1.43 bits per heavy atom. The van der Waals surface area contributed by atoms with Gasteiger partial charge >= 0.3 is 0 Å². The monoisotopic (exact) mass is 316 g/mol. The largest absolute Gasteiger partial charge is 0.386 e. The van der Waals surface area contributed by atoms with E-state index in [4.69, 9.17) is 4.52 Å². The lowest BCUT2D eigenvalue weighted by molar-refractivity contribution is -0.132. The molecule has 1 fully saturated rings. The second-order valence-electron chi connectivity index (χ2n) is 6.49. The van der Waals surface area contributed by atoms with E-state index in [1.165, 1.54) is 0 Å². The summed E-state index contributed by atoms with van der Waals surface area (Å²) in [6, 6.07) is 3.72. The zero-order valence-electron chi connectivity index (χ0n) is 13.1. The van der Waals surface area contributed by atoms with Crippen molar-refractivity contribution in [2.45, 2.75) is 45.4 Å². The quantitative estimate of drug-likeness (QED) is 0.916. The van der Waals surface area contributed by atoms with Crippen molar-refractivity contribution in [2.24, 2.45) is 5.92 Å². The Kier molecular flexibility index (Phi) is 3.45. The fraction of sp³-hybridized carbons (Fsp3) is 0.562. The van der Waals surface area contributed by atoms with Crippen molar-refractivity contribution in [1.82, 2.24) is 19.8 Å². The third kappa shape index (κ3) is 2.88. The van der Waals surface area contributed by atoms with Crippen molar-refractivity contribution in [3.63, 3.8) is 0 Å². The first-order chi connectivity index (χ1) is 11.1. The summed E-state index contributed by atoms with van der Waals surface area (Å²) >= 11 is 0. The molecule has 1 unspecified atom stereocenters. The molecule has 7 heteroatoms. The first-order valence-corrected chi connectivity index (χ1v) is 8.05. The van der Waals surface area contributed by atoms with Crippen molar-refractivity contribution in [3.8, 4) is 0 Å². The molecule has 2 aromatic heterocycles. The zero-order valence-corrected chi connectivity index (χ0v) is 13.1. The highest BCUT2D eigenvalue weighted by Gasteiger charge is 2.33. The van der Waals surface area contributed by atoms with Gasteiger partial charge in [-0.15, -0.1) is 0 Å². The molecular formula is C16H20N4O3. The normalized spacial score (nSPS) is 18.8. The van der Waals surface area contributed by atoms with Crippen LogP contribution in [0, 0.1) is 12.8 Å². The second-order valence-corrected chi connectivity index (χ2v) is 6.49. The third-order valence-electron chi connectivity index (χ3n) is 4.54. The number of rotatable bonds is 4. The maximum Gasteiger partial charge on any atom is 0.230 e. The van der Waals surface area contributed by atoms with Crippen molar-refractivity contribution < 1.29 is 14.4 Å². The van der Waals surface area contributed by atoms with E-state index in [1.807, 2.05) is 22.6 Å². The number of nitrogens with zero attached hydrogens (tertiary/aromatic N) is 4. The number of amides is 1. The van der Waals surface area contributed by atoms with Crippen LogP contribution in [-0.2, 0) is 24.3 Å². The Labute approximate surface area is 133 Å². The zero-order chi connectivity index (χ0) is 16.0. The van der Waals surface area contributed by atoms with Crippen LogP contribution in [0.15, 0.2) is 16.7 Å². The van der Waals surface area contributed by atoms with Crippen LogP contribution in [0.25, 0.3) is 0 Å². The number of aliphatic hydroxyl groups excluding tert-OH is 1. The molecule has 1 amide bonds. The summed E-state index contributed by atoms with van der Waals surface area (Å²) < 4.78 is 7.02. The van der Waals surface area contributed by atoms with Gasteiger partial charge in [-0.1, -0.05) is 5.16 Å². The fourth-order valence-corrected chi connectivity index (χ4v) is 3.06. The van der Waals surface area contributed by atoms with Crippen LogP contribution in [0.1, 0.15) is 41.8 Å². The predicted octanol–water partition coefficient (Wildman–Crippen LogP) is 1.21. The molecule has 0 spiro atoms. The van der Waals surface area contributed by atoms with Gasteiger partial charge in [0.15, 0.2) is 0 Å². The van der Waals surface area contributed by atoms with Gasteiger partial charge < -0.3 is 14.5 Å². The molecule has 0 bridgehead atoms. The lowest BCUT2D eigenvalue weighted by Gasteiger charge is -2.27. The summed E-state index contributed by atoms with van der Waals surface area (Å²) in [5, 5.41) is 18.5. The number of aliphatic hydroxyl groups is 1. The lowest BCUT2D eigenvalue weighted by atomic mass is 10.1. The SMILES string of the molecule is Cc1cc(CC(=O)N2CCn3nc(C(O)C4CC4)cc3C2)on1. The Balaban J connectivity index is 1.44. The van der Waals surface area contributed by atoms with Gasteiger partial charge in [0.1, 0.15) is 11.9 Å². The smallest absolute Gasteiger partial charge is 0.230 e. The standard InChI is InChI=1S/C16H20N4O3/c1-10-6-13(23-18-10)8-15(21)19-4-5-20-12(9-19)7-14(17-20)16(22)11-2-3-11/h6-7,11,16,22H,2-5,8-9H2,1H3. The van der Waals surface area contributed by atoms with Crippen molar-refractivity contribution in [2.75, 3.05) is 6.54 Å². The van der Waals surface area contributed by atoms with E-state index >= 15 is 0 Å². The predicted molar refractivity (Wildman–Crippen MR) is 80.3 cm³/mol.